The number of carbonyl (C=O) groups excluding carboxylic acids is 2. The van der Waals surface area contributed by atoms with Crippen LogP contribution in [0.25, 0.3) is 0 Å². The molecule has 0 atom stereocenters. The summed E-state index contributed by atoms with van der Waals surface area (Å²) >= 11 is 0. The Labute approximate surface area is 142 Å². The fourth-order valence-corrected chi connectivity index (χ4v) is 3.30. The third-order valence-corrected chi connectivity index (χ3v) is 4.84. The fraction of sp³-hybridized carbons (Fsp3) is 0.556. The van der Waals surface area contributed by atoms with E-state index in [0.717, 1.165) is 44.6 Å². The average molecular weight is 331 g/mol. The number of piperidine rings is 1. The molecule has 0 aliphatic carbocycles. The number of nitrogens with one attached hydrogen (secondary N) is 1. The molecule has 2 heterocycles. The number of amides is 2. The topological polar surface area (TPSA) is 61.9 Å². The summed E-state index contributed by atoms with van der Waals surface area (Å²) in [5.41, 5.74) is 0.894. The first-order chi connectivity index (χ1) is 11.7. The highest BCUT2D eigenvalue weighted by Crippen LogP contribution is 2.24. The molecule has 24 heavy (non-hydrogen) atoms. The molecule has 6 nitrogen and oxygen atoms in total. The number of hydrogen-bond donors (Lipinski definition) is 1. The number of rotatable bonds is 5. The summed E-state index contributed by atoms with van der Waals surface area (Å²) in [6.07, 6.45) is 3.51. The quantitative estimate of drug-likeness (QED) is 0.886. The molecule has 130 valence electrons. The Bertz CT molecular complexity index is 580. The van der Waals surface area contributed by atoms with Gasteiger partial charge in [-0.1, -0.05) is 0 Å². The number of carbonyl (C=O) groups is 2. The Kier molecular flexibility index (Phi) is 5.35. The van der Waals surface area contributed by atoms with E-state index in [1.807, 2.05) is 36.2 Å². The van der Waals surface area contributed by atoms with Crippen molar-refractivity contribution in [2.75, 3.05) is 38.2 Å². The average Bonchev–Trinajstić information content (AvgIpc) is 3.06. The number of nitrogens with zero attached hydrogens (tertiary/aromatic N) is 2. The summed E-state index contributed by atoms with van der Waals surface area (Å²) in [6, 6.07) is 7.90. The lowest BCUT2D eigenvalue weighted by molar-refractivity contribution is -0.134. The molecule has 2 amide bonds. The van der Waals surface area contributed by atoms with Crippen LogP contribution in [0.3, 0.4) is 0 Å². The first-order valence-corrected chi connectivity index (χ1v) is 8.65. The van der Waals surface area contributed by atoms with E-state index in [1.165, 1.54) is 0 Å². The Morgan fingerprint density at radius 1 is 1.21 bits per heavy atom. The molecule has 3 rings (SSSR count). The number of anilines is 1. The lowest BCUT2D eigenvalue weighted by atomic mass is 10.1. The van der Waals surface area contributed by atoms with Gasteiger partial charge in [-0.25, -0.2) is 0 Å². The molecular formula is C18H25N3O3. The van der Waals surface area contributed by atoms with Gasteiger partial charge >= 0.3 is 0 Å². The van der Waals surface area contributed by atoms with Crippen LogP contribution in [-0.4, -0.2) is 56.0 Å². The lowest BCUT2D eigenvalue weighted by Gasteiger charge is -2.31. The molecule has 0 radical (unpaired) electrons. The highest BCUT2D eigenvalue weighted by Gasteiger charge is 2.23. The van der Waals surface area contributed by atoms with Gasteiger partial charge in [-0.05, 0) is 50.6 Å². The second-order valence-electron chi connectivity index (χ2n) is 6.38. The molecule has 0 aromatic heterocycles. The van der Waals surface area contributed by atoms with Gasteiger partial charge in [0.1, 0.15) is 5.75 Å². The normalized spacial score (nSPS) is 19.0. The standard InChI is InChI=1S/C18H25N3O3/c1-19-14-8-11-20(12-9-14)18(23)13-24-16-6-4-15(5-7-16)21-10-2-3-17(21)22/h4-7,14,19H,2-3,8-13H2,1H3. The molecule has 1 aromatic rings. The van der Waals surface area contributed by atoms with Crippen molar-refractivity contribution < 1.29 is 14.3 Å². The molecule has 2 aliphatic rings. The van der Waals surface area contributed by atoms with Crippen LogP contribution in [0, 0.1) is 0 Å². The van der Waals surface area contributed by atoms with Crippen LogP contribution >= 0.6 is 0 Å². The minimum atomic E-state index is 0.0309. The second kappa shape index (κ2) is 7.66. The minimum Gasteiger partial charge on any atom is -0.484 e. The van der Waals surface area contributed by atoms with Crippen molar-refractivity contribution in [2.45, 2.75) is 31.7 Å². The van der Waals surface area contributed by atoms with Gasteiger partial charge in [-0.3, -0.25) is 9.59 Å². The number of likely N-dealkylation sites (tertiary alicyclic amines) is 1. The molecule has 0 spiro atoms. The van der Waals surface area contributed by atoms with Crippen LogP contribution in [0.2, 0.25) is 0 Å². The van der Waals surface area contributed by atoms with Gasteiger partial charge < -0.3 is 19.9 Å². The number of ether oxygens (including phenoxy) is 1. The minimum absolute atomic E-state index is 0.0309. The van der Waals surface area contributed by atoms with Crippen LogP contribution in [0.5, 0.6) is 5.75 Å². The maximum absolute atomic E-state index is 12.2. The Hall–Kier alpha value is -2.08. The van der Waals surface area contributed by atoms with E-state index in [4.69, 9.17) is 4.74 Å². The highest BCUT2D eigenvalue weighted by molar-refractivity contribution is 5.95. The summed E-state index contributed by atoms with van der Waals surface area (Å²) in [5.74, 6) is 0.857. The molecular weight excluding hydrogens is 306 g/mol. The van der Waals surface area contributed by atoms with Crippen LogP contribution in [0.15, 0.2) is 24.3 Å². The van der Waals surface area contributed by atoms with E-state index in [-0.39, 0.29) is 18.4 Å². The van der Waals surface area contributed by atoms with Gasteiger partial charge in [0.15, 0.2) is 6.61 Å². The van der Waals surface area contributed by atoms with E-state index < -0.39 is 0 Å². The molecule has 2 fully saturated rings. The van der Waals surface area contributed by atoms with Crippen molar-refractivity contribution in [2.24, 2.45) is 0 Å². The zero-order valence-corrected chi connectivity index (χ0v) is 14.2. The lowest BCUT2D eigenvalue weighted by Crippen LogP contribution is -2.45. The Balaban J connectivity index is 1.48. The van der Waals surface area contributed by atoms with Gasteiger partial charge in [0.2, 0.25) is 5.91 Å². The molecule has 0 bridgehead atoms. The number of benzene rings is 1. The fourth-order valence-electron chi connectivity index (χ4n) is 3.30. The van der Waals surface area contributed by atoms with Crippen LogP contribution in [-0.2, 0) is 9.59 Å². The predicted octanol–water partition coefficient (Wildman–Crippen LogP) is 1.40. The van der Waals surface area contributed by atoms with E-state index >= 15 is 0 Å². The summed E-state index contributed by atoms with van der Waals surface area (Å²) in [7, 11) is 1.96. The zero-order valence-electron chi connectivity index (χ0n) is 14.2. The molecule has 2 aliphatic heterocycles. The summed E-state index contributed by atoms with van der Waals surface area (Å²) in [6.45, 7) is 2.40. The van der Waals surface area contributed by atoms with Gasteiger partial charge in [-0.2, -0.15) is 0 Å². The van der Waals surface area contributed by atoms with Gasteiger partial charge in [0.25, 0.3) is 5.91 Å². The van der Waals surface area contributed by atoms with E-state index in [9.17, 15) is 9.59 Å². The van der Waals surface area contributed by atoms with Crippen molar-refractivity contribution >= 4 is 17.5 Å². The van der Waals surface area contributed by atoms with Crippen LogP contribution < -0.4 is 15.0 Å². The van der Waals surface area contributed by atoms with Crippen molar-refractivity contribution in [1.82, 2.24) is 10.2 Å². The SMILES string of the molecule is CNC1CCN(C(=O)COc2ccc(N3CCCC3=O)cc2)CC1. The molecule has 1 N–H and O–H groups in total. The summed E-state index contributed by atoms with van der Waals surface area (Å²) in [4.78, 5) is 27.6. The Morgan fingerprint density at radius 3 is 2.50 bits per heavy atom. The van der Waals surface area contributed by atoms with Gasteiger partial charge in [-0.15, -0.1) is 0 Å². The highest BCUT2D eigenvalue weighted by atomic mass is 16.5. The van der Waals surface area contributed by atoms with Gasteiger partial charge in [0, 0.05) is 37.8 Å². The van der Waals surface area contributed by atoms with E-state index in [1.54, 1.807) is 4.90 Å². The molecule has 2 saturated heterocycles. The molecule has 6 heteroatoms. The molecule has 0 saturated carbocycles. The van der Waals surface area contributed by atoms with E-state index in [0.29, 0.717) is 18.2 Å². The first kappa shape index (κ1) is 16.8. The van der Waals surface area contributed by atoms with Crippen molar-refractivity contribution in [3.8, 4) is 5.75 Å². The summed E-state index contributed by atoms with van der Waals surface area (Å²) < 4.78 is 5.61. The molecule has 0 unspecified atom stereocenters. The predicted molar refractivity (Wildman–Crippen MR) is 92.2 cm³/mol. The first-order valence-electron chi connectivity index (χ1n) is 8.65. The van der Waals surface area contributed by atoms with Crippen molar-refractivity contribution in [1.29, 1.82) is 0 Å². The van der Waals surface area contributed by atoms with E-state index in [2.05, 4.69) is 5.32 Å². The van der Waals surface area contributed by atoms with Crippen LogP contribution in [0.4, 0.5) is 5.69 Å². The maximum Gasteiger partial charge on any atom is 0.260 e. The largest absolute Gasteiger partial charge is 0.484 e. The number of hydrogen-bond acceptors (Lipinski definition) is 4. The third kappa shape index (κ3) is 3.87. The third-order valence-electron chi connectivity index (χ3n) is 4.84. The monoisotopic (exact) mass is 331 g/mol. The maximum atomic E-state index is 12.2. The van der Waals surface area contributed by atoms with Crippen LogP contribution in [0.1, 0.15) is 25.7 Å². The summed E-state index contributed by atoms with van der Waals surface area (Å²) in [5, 5.41) is 3.26. The second-order valence-corrected chi connectivity index (χ2v) is 6.38. The Morgan fingerprint density at radius 2 is 1.92 bits per heavy atom. The zero-order chi connectivity index (χ0) is 16.9. The van der Waals surface area contributed by atoms with Crippen molar-refractivity contribution in [3.63, 3.8) is 0 Å². The van der Waals surface area contributed by atoms with Gasteiger partial charge in [0.05, 0.1) is 0 Å². The smallest absolute Gasteiger partial charge is 0.260 e. The van der Waals surface area contributed by atoms with Crippen molar-refractivity contribution in [3.05, 3.63) is 24.3 Å². The molecule has 1 aromatic carbocycles.